The number of nitrogens with zero attached hydrogens (tertiary/aromatic N) is 2. The molecular formula is C28H32N4O2. The maximum Gasteiger partial charge on any atom is 0.270 e. The van der Waals surface area contributed by atoms with Crippen molar-refractivity contribution in [2.45, 2.75) is 37.6 Å². The first-order chi connectivity index (χ1) is 16.7. The van der Waals surface area contributed by atoms with E-state index in [1.807, 2.05) is 29.2 Å². The normalized spacial score (nSPS) is 19.6. The predicted octanol–water partition coefficient (Wildman–Crippen LogP) is 5.14. The highest BCUT2D eigenvalue weighted by molar-refractivity contribution is 5.98. The van der Waals surface area contributed by atoms with Gasteiger partial charge in [-0.1, -0.05) is 18.2 Å². The zero-order chi connectivity index (χ0) is 23.1. The van der Waals surface area contributed by atoms with Crippen molar-refractivity contribution in [3.8, 4) is 5.75 Å². The van der Waals surface area contributed by atoms with Crippen molar-refractivity contribution in [3.05, 3.63) is 66.0 Å². The largest absolute Gasteiger partial charge is 0.497 e. The van der Waals surface area contributed by atoms with E-state index < -0.39 is 0 Å². The van der Waals surface area contributed by atoms with Gasteiger partial charge >= 0.3 is 0 Å². The number of para-hydroxylation sites is 1. The molecule has 2 aliphatic heterocycles. The van der Waals surface area contributed by atoms with E-state index in [4.69, 9.17) is 4.74 Å². The lowest BCUT2D eigenvalue weighted by Gasteiger charge is -2.42. The van der Waals surface area contributed by atoms with Crippen molar-refractivity contribution >= 4 is 27.7 Å². The summed E-state index contributed by atoms with van der Waals surface area (Å²) in [5.41, 5.74) is 4.33. The van der Waals surface area contributed by atoms with Crippen molar-refractivity contribution < 1.29 is 9.53 Å². The number of carbonyl (C=O) groups excluding carboxylic acids is 1. The van der Waals surface area contributed by atoms with Gasteiger partial charge < -0.3 is 24.5 Å². The standard InChI is InChI=1S/C28H32N4O2/c1-34-22-7-6-20-16-27(30-26(20)17-22)28(33)32-15-11-21(32)10-14-31-12-8-19(9-13-31)24-18-29-25-5-3-2-4-23(24)25/h2-7,16-19,21,29-30H,8-15H2,1H3/t21-/m1/s1. The first kappa shape index (κ1) is 21.3. The van der Waals surface area contributed by atoms with Gasteiger partial charge in [-0.15, -0.1) is 0 Å². The fourth-order valence-corrected chi connectivity index (χ4v) is 5.74. The minimum absolute atomic E-state index is 0.115. The first-order valence-corrected chi connectivity index (χ1v) is 12.5. The number of carbonyl (C=O) groups is 1. The lowest BCUT2D eigenvalue weighted by atomic mass is 9.89. The number of nitrogens with one attached hydrogen (secondary N) is 2. The lowest BCUT2D eigenvalue weighted by Crippen LogP contribution is -2.52. The summed E-state index contributed by atoms with van der Waals surface area (Å²) in [4.78, 5) is 24.5. The van der Waals surface area contributed by atoms with Crippen LogP contribution in [0.15, 0.2) is 54.7 Å². The van der Waals surface area contributed by atoms with Gasteiger partial charge in [-0.25, -0.2) is 0 Å². The number of H-pyrrole nitrogens is 2. The van der Waals surface area contributed by atoms with Crippen molar-refractivity contribution in [2.75, 3.05) is 33.3 Å². The zero-order valence-corrected chi connectivity index (χ0v) is 19.7. The van der Waals surface area contributed by atoms with Crippen LogP contribution in [0.25, 0.3) is 21.8 Å². The number of aromatic amines is 2. The Morgan fingerprint density at radius 2 is 1.88 bits per heavy atom. The summed E-state index contributed by atoms with van der Waals surface area (Å²) in [7, 11) is 1.66. The Hall–Kier alpha value is -3.25. The van der Waals surface area contributed by atoms with Crippen LogP contribution in [-0.2, 0) is 0 Å². The molecule has 0 saturated carbocycles. The number of fused-ring (bicyclic) bond motifs is 2. The van der Waals surface area contributed by atoms with E-state index in [1.54, 1.807) is 7.11 Å². The fourth-order valence-electron chi connectivity index (χ4n) is 5.74. The summed E-state index contributed by atoms with van der Waals surface area (Å²) in [5.74, 6) is 1.54. The highest BCUT2D eigenvalue weighted by Gasteiger charge is 2.34. The van der Waals surface area contributed by atoms with Gasteiger partial charge in [0.25, 0.3) is 5.91 Å². The molecule has 0 unspecified atom stereocenters. The van der Waals surface area contributed by atoms with Gasteiger partial charge in [0.1, 0.15) is 11.4 Å². The van der Waals surface area contributed by atoms with E-state index in [1.165, 1.54) is 29.3 Å². The van der Waals surface area contributed by atoms with Crippen LogP contribution < -0.4 is 4.74 Å². The molecule has 0 spiro atoms. The number of rotatable bonds is 6. The molecule has 4 aromatic rings. The van der Waals surface area contributed by atoms with E-state index in [2.05, 4.69) is 45.3 Å². The quantitative estimate of drug-likeness (QED) is 0.422. The number of aromatic nitrogens is 2. The Kier molecular flexibility index (Phi) is 5.53. The fraction of sp³-hybridized carbons (Fsp3) is 0.393. The van der Waals surface area contributed by atoms with Crippen molar-refractivity contribution in [1.82, 2.24) is 19.8 Å². The summed E-state index contributed by atoms with van der Waals surface area (Å²) >= 11 is 0. The summed E-state index contributed by atoms with van der Waals surface area (Å²) < 4.78 is 5.30. The topological polar surface area (TPSA) is 64.4 Å². The smallest absolute Gasteiger partial charge is 0.270 e. The molecule has 1 amide bonds. The molecule has 2 aliphatic rings. The van der Waals surface area contributed by atoms with E-state index >= 15 is 0 Å². The predicted molar refractivity (Wildman–Crippen MR) is 136 cm³/mol. The second kappa shape index (κ2) is 8.84. The molecule has 2 N–H and O–H groups in total. The van der Waals surface area contributed by atoms with Crippen LogP contribution in [0.4, 0.5) is 0 Å². The van der Waals surface area contributed by atoms with Crippen LogP contribution in [-0.4, -0.2) is 65.0 Å². The van der Waals surface area contributed by atoms with Crippen molar-refractivity contribution in [2.24, 2.45) is 0 Å². The van der Waals surface area contributed by atoms with Gasteiger partial charge in [0.05, 0.1) is 7.11 Å². The summed E-state index contributed by atoms with van der Waals surface area (Å²) in [6.45, 7) is 4.19. The van der Waals surface area contributed by atoms with Crippen molar-refractivity contribution in [1.29, 1.82) is 0 Å². The third-order valence-corrected chi connectivity index (χ3v) is 7.89. The Balaban J connectivity index is 1.03. The summed E-state index contributed by atoms with van der Waals surface area (Å²) in [5, 5.41) is 2.42. The molecule has 0 radical (unpaired) electrons. The summed E-state index contributed by atoms with van der Waals surface area (Å²) in [6, 6.07) is 16.8. The van der Waals surface area contributed by atoms with E-state index in [-0.39, 0.29) is 5.91 Å². The molecule has 2 saturated heterocycles. The number of amides is 1. The molecule has 2 aromatic heterocycles. The first-order valence-electron chi connectivity index (χ1n) is 12.5. The van der Waals surface area contributed by atoms with Crippen LogP contribution in [0.3, 0.4) is 0 Å². The zero-order valence-electron chi connectivity index (χ0n) is 19.7. The lowest BCUT2D eigenvalue weighted by molar-refractivity contribution is 0.0405. The highest BCUT2D eigenvalue weighted by Crippen LogP contribution is 2.33. The van der Waals surface area contributed by atoms with Gasteiger partial charge in [0.2, 0.25) is 0 Å². The van der Waals surface area contributed by atoms with E-state index in [0.717, 1.165) is 55.7 Å². The van der Waals surface area contributed by atoms with E-state index in [0.29, 0.717) is 17.7 Å². The minimum atomic E-state index is 0.115. The maximum absolute atomic E-state index is 13.1. The highest BCUT2D eigenvalue weighted by atomic mass is 16.5. The SMILES string of the molecule is COc1ccc2cc(C(=O)N3CC[C@H]3CCN3CCC(c4c[nH]c5ccccc45)CC3)[nH]c2c1. The number of benzene rings is 2. The molecule has 0 aliphatic carbocycles. The molecule has 1 atom stereocenters. The van der Waals surface area contributed by atoms with Crippen LogP contribution >= 0.6 is 0 Å². The summed E-state index contributed by atoms with van der Waals surface area (Å²) in [6.07, 6.45) is 6.77. The van der Waals surface area contributed by atoms with Gasteiger partial charge in [-0.2, -0.15) is 0 Å². The van der Waals surface area contributed by atoms with Gasteiger partial charge in [0.15, 0.2) is 0 Å². The van der Waals surface area contributed by atoms with Crippen molar-refractivity contribution in [3.63, 3.8) is 0 Å². The second-order valence-corrected chi connectivity index (χ2v) is 9.77. The average molecular weight is 457 g/mol. The van der Waals surface area contributed by atoms with Gasteiger partial charge in [-0.05, 0) is 74.5 Å². The van der Waals surface area contributed by atoms with Crippen LogP contribution in [0.5, 0.6) is 5.75 Å². The van der Waals surface area contributed by atoms with Crippen LogP contribution in [0.1, 0.15) is 47.7 Å². The van der Waals surface area contributed by atoms with Gasteiger partial charge in [0, 0.05) is 53.2 Å². The van der Waals surface area contributed by atoms with Crippen LogP contribution in [0.2, 0.25) is 0 Å². The molecule has 6 rings (SSSR count). The maximum atomic E-state index is 13.1. The number of likely N-dealkylation sites (tertiary alicyclic amines) is 2. The Bertz CT molecular complexity index is 1310. The number of piperidine rings is 1. The molecule has 2 aromatic carbocycles. The molecule has 34 heavy (non-hydrogen) atoms. The molecule has 0 bridgehead atoms. The molecule has 4 heterocycles. The number of hydrogen-bond acceptors (Lipinski definition) is 3. The van der Waals surface area contributed by atoms with Crippen LogP contribution in [0, 0.1) is 0 Å². The minimum Gasteiger partial charge on any atom is -0.497 e. The Morgan fingerprint density at radius 3 is 2.68 bits per heavy atom. The molecule has 2 fully saturated rings. The number of ether oxygens (including phenoxy) is 1. The third-order valence-electron chi connectivity index (χ3n) is 7.89. The Morgan fingerprint density at radius 1 is 1.03 bits per heavy atom. The second-order valence-electron chi connectivity index (χ2n) is 9.77. The number of hydrogen-bond donors (Lipinski definition) is 2. The number of methoxy groups -OCH3 is 1. The monoisotopic (exact) mass is 456 g/mol. The molecule has 176 valence electrons. The molecule has 6 nitrogen and oxygen atoms in total. The van der Waals surface area contributed by atoms with Gasteiger partial charge in [-0.3, -0.25) is 4.79 Å². The van der Waals surface area contributed by atoms with E-state index in [9.17, 15) is 4.79 Å². The third kappa shape index (κ3) is 3.86. The molecular weight excluding hydrogens is 424 g/mol. The average Bonchev–Trinajstić information content (AvgIpc) is 3.48. The molecule has 6 heteroatoms. The Labute approximate surface area is 199 Å².